The molecule has 0 saturated heterocycles. The van der Waals surface area contributed by atoms with Crippen LogP contribution in [0.1, 0.15) is 12.5 Å². The Labute approximate surface area is 122 Å². The van der Waals surface area contributed by atoms with Crippen LogP contribution in [0.3, 0.4) is 0 Å². The van der Waals surface area contributed by atoms with Crippen LogP contribution in [0.5, 0.6) is 11.5 Å². The Morgan fingerprint density at radius 1 is 1.05 bits per heavy atom. The van der Waals surface area contributed by atoms with Crippen molar-refractivity contribution in [3.05, 3.63) is 53.6 Å². The zero-order valence-electron chi connectivity index (χ0n) is 12.0. The van der Waals surface area contributed by atoms with E-state index >= 15 is 0 Å². The van der Waals surface area contributed by atoms with Gasteiger partial charge in [-0.1, -0.05) is 6.07 Å². The van der Waals surface area contributed by atoms with Crippen molar-refractivity contribution in [2.75, 3.05) is 19.0 Å². The Morgan fingerprint density at radius 3 is 2.52 bits per heavy atom. The zero-order chi connectivity index (χ0) is 15.2. The molecule has 21 heavy (non-hydrogen) atoms. The summed E-state index contributed by atoms with van der Waals surface area (Å²) in [5, 5.41) is 3.11. The molecule has 0 aliphatic heterocycles. The van der Waals surface area contributed by atoms with Gasteiger partial charge in [0.05, 0.1) is 19.4 Å². The lowest BCUT2D eigenvalue weighted by Gasteiger charge is -2.13. The molecule has 0 amide bonds. The highest BCUT2D eigenvalue weighted by molar-refractivity contribution is 5.56. The molecule has 5 heteroatoms. The number of ether oxygens (including phenoxy) is 2. The van der Waals surface area contributed by atoms with Crippen molar-refractivity contribution in [3.8, 4) is 11.5 Å². The van der Waals surface area contributed by atoms with E-state index in [4.69, 9.17) is 9.47 Å². The van der Waals surface area contributed by atoms with E-state index in [2.05, 4.69) is 5.32 Å². The van der Waals surface area contributed by atoms with Gasteiger partial charge in [0.15, 0.2) is 11.6 Å². The SMILES string of the molecule is CCOc1cc(F)ccc1NCc1ccc(OC)c(F)c1. The normalized spacial score (nSPS) is 10.3. The third-order valence-electron chi connectivity index (χ3n) is 2.94. The highest BCUT2D eigenvalue weighted by Gasteiger charge is 2.07. The molecule has 0 aromatic heterocycles. The molecule has 0 spiro atoms. The first-order valence-corrected chi connectivity index (χ1v) is 6.62. The fraction of sp³-hybridized carbons (Fsp3) is 0.250. The summed E-state index contributed by atoms with van der Waals surface area (Å²) in [6.07, 6.45) is 0. The minimum Gasteiger partial charge on any atom is -0.494 e. The van der Waals surface area contributed by atoms with E-state index < -0.39 is 5.82 Å². The molecule has 0 aliphatic rings. The van der Waals surface area contributed by atoms with Crippen LogP contribution in [-0.2, 0) is 6.54 Å². The van der Waals surface area contributed by atoms with E-state index in [0.29, 0.717) is 24.6 Å². The molecule has 2 aromatic carbocycles. The van der Waals surface area contributed by atoms with Crippen molar-refractivity contribution in [2.24, 2.45) is 0 Å². The topological polar surface area (TPSA) is 30.5 Å². The largest absolute Gasteiger partial charge is 0.494 e. The lowest BCUT2D eigenvalue weighted by atomic mass is 10.2. The van der Waals surface area contributed by atoms with E-state index in [1.54, 1.807) is 18.2 Å². The zero-order valence-corrected chi connectivity index (χ0v) is 12.0. The maximum atomic E-state index is 13.6. The van der Waals surface area contributed by atoms with Gasteiger partial charge in [-0.2, -0.15) is 0 Å². The maximum Gasteiger partial charge on any atom is 0.165 e. The van der Waals surface area contributed by atoms with Gasteiger partial charge in [-0.05, 0) is 36.8 Å². The summed E-state index contributed by atoms with van der Waals surface area (Å²) in [5.41, 5.74) is 1.41. The van der Waals surface area contributed by atoms with E-state index in [1.165, 1.54) is 25.3 Å². The second-order valence-corrected chi connectivity index (χ2v) is 4.40. The molecule has 112 valence electrons. The van der Waals surface area contributed by atoms with Gasteiger partial charge in [0.2, 0.25) is 0 Å². The summed E-state index contributed by atoms with van der Waals surface area (Å²) in [4.78, 5) is 0. The van der Waals surface area contributed by atoms with Gasteiger partial charge in [0.1, 0.15) is 11.6 Å². The van der Waals surface area contributed by atoms with Crippen LogP contribution < -0.4 is 14.8 Å². The molecular weight excluding hydrogens is 276 g/mol. The first kappa shape index (κ1) is 15.1. The molecular formula is C16H17F2NO2. The smallest absolute Gasteiger partial charge is 0.165 e. The minimum absolute atomic E-state index is 0.204. The van der Waals surface area contributed by atoms with Gasteiger partial charge in [0, 0.05) is 12.6 Å². The number of hydrogen-bond donors (Lipinski definition) is 1. The highest BCUT2D eigenvalue weighted by Crippen LogP contribution is 2.26. The predicted molar refractivity (Wildman–Crippen MR) is 77.8 cm³/mol. The number of methoxy groups -OCH3 is 1. The summed E-state index contributed by atoms with van der Waals surface area (Å²) < 4.78 is 37.0. The van der Waals surface area contributed by atoms with Gasteiger partial charge in [-0.25, -0.2) is 8.78 Å². The molecule has 2 rings (SSSR count). The van der Waals surface area contributed by atoms with Gasteiger partial charge in [-0.3, -0.25) is 0 Å². The molecule has 0 radical (unpaired) electrons. The standard InChI is InChI=1S/C16H17F2NO2/c1-3-21-16-9-12(17)5-6-14(16)19-10-11-4-7-15(20-2)13(18)8-11/h4-9,19H,3,10H2,1-2H3. The summed E-state index contributed by atoms with van der Waals surface area (Å²) in [5.74, 6) is -0.137. The second kappa shape index (κ2) is 6.92. The van der Waals surface area contributed by atoms with Gasteiger partial charge < -0.3 is 14.8 Å². The minimum atomic E-state index is -0.416. The van der Waals surface area contributed by atoms with Gasteiger partial charge >= 0.3 is 0 Å². The van der Waals surface area contributed by atoms with Gasteiger partial charge in [-0.15, -0.1) is 0 Å². The number of rotatable bonds is 6. The van der Waals surface area contributed by atoms with E-state index in [1.807, 2.05) is 6.92 Å². The molecule has 1 N–H and O–H groups in total. The van der Waals surface area contributed by atoms with Crippen LogP contribution in [0.25, 0.3) is 0 Å². The highest BCUT2D eigenvalue weighted by atomic mass is 19.1. The Hall–Kier alpha value is -2.30. The summed E-state index contributed by atoms with van der Waals surface area (Å²) >= 11 is 0. The quantitative estimate of drug-likeness (QED) is 0.873. The van der Waals surface area contributed by atoms with Crippen LogP contribution in [0.15, 0.2) is 36.4 Å². The lowest BCUT2D eigenvalue weighted by molar-refractivity contribution is 0.339. The lowest BCUT2D eigenvalue weighted by Crippen LogP contribution is -2.03. The third-order valence-corrected chi connectivity index (χ3v) is 2.94. The Balaban J connectivity index is 2.10. The maximum absolute atomic E-state index is 13.6. The average Bonchev–Trinajstić information content (AvgIpc) is 2.47. The molecule has 2 aromatic rings. The van der Waals surface area contributed by atoms with Crippen LogP contribution >= 0.6 is 0 Å². The number of hydrogen-bond acceptors (Lipinski definition) is 3. The molecule has 3 nitrogen and oxygen atoms in total. The Morgan fingerprint density at radius 2 is 1.86 bits per heavy atom. The van der Waals surface area contributed by atoms with Crippen LogP contribution in [0.4, 0.5) is 14.5 Å². The fourth-order valence-corrected chi connectivity index (χ4v) is 1.93. The first-order valence-electron chi connectivity index (χ1n) is 6.62. The van der Waals surface area contributed by atoms with Crippen molar-refractivity contribution in [2.45, 2.75) is 13.5 Å². The number of halogens is 2. The van der Waals surface area contributed by atoms with Crippen molar-refractivity contribution < 1.29 is 18.3 Å². The Bertz CT molecular complexity index is 617. The summed E-state index contributed by atoms with van der Waals surface area (Å²) in [7, 11) is 1.42. The fourth-order valence-electron chi connectivity index (χ4n) is 1.93. The molecule has 0 unspecified atom stereocenters. The number of benzene rings is 2. The van der Waals surface area contributed by atoms with Crippen molar-refractivity contribution in [1.29, 1.82) is 0 Å². The van der Waals surface area contributed by atoms with E-state index in [9.17, 15) is 8.78 Å². The van der Waals surface area contributed by atoms with Crippen LogP contribution in [-0.4, -0.2) is 13.7 Å². The van der Waals surface area contributed by atoms with Crippen LogP contribution in [0.2, 0.25) is 0 Å². The van der Waals surface area contributed by atoms with Crippen LogP contribution in [0, 0.1) is 11.6 Å². The monoisotopic (exact) mass is 293 g/mol. The molecule has 0 atom stereocenters. The summed E-state index contributed by atoms with van der Waals surface area (Å²) in [6, 6.07) is 9.00. The predicted octanol–water partition coefficient (Wildman–Crippen LogP) is 3.98. The molecule has 0 saturated carbocycles. The number of anilines is 1. The average molecular weight is 293 g/mol. The van der Waals surface area contributed by atoms with E-state index in [-0.39, 0.29) is 11.6 Å². The van der Waals surface area contributed by atoms with Crippen molar-refractivity contribution in [3.63, 3.8) is 0 Å². The second-order valence-electron chi connectivity index (χ2n) is 4.40. The Kier molecular flexibility index (Phi) is 4.98. The number of nitrogens with one attached hydrogen (secondary N) is 1. The summed E-state index contributed by atoms with van der Waals surface area (Å²) in [6.45, 7) is 2.66. The molecule has 0 aliphatic carbocycles. The van der Waals surface area contributed by atoms with Gasteiger partial charge in [0.25, 0.3) is 0 Å². The molecule has 0 fully saturated rings. The van der Waals surface area contributed by atoms with E-state index in [0.717, 1.165) is 5.56 Å². The molecule has 0 heterocycles. The third kappa shape index (κ3) is 3.84. The van der Waals surface area contributed by atoms with Crippen molar-refractivity contribution >= 4 is 5.69 Å². The molecule has 0 bridgehead atoms. The first-order chi connectivity index (χ1) is 10.1. The van der Waals surface area contributed by atoms with Crippen molar-refractivity contribution in [1.82, 2.24) is 0 Å².